The minimum Gasteiger partial charge on any atom is -0.381 e. The number of carbonyl (C=O) groups is 1. The van der Waals surface area contributed by atoms with Crippen LogP contribution in [0.15, 0.2) is 30.3 Å². The van der Waals surface area contributed by atoms with Crippen molar-refractivity contribution in [3.05, 3.63) is 40.9 Å². The van der Waals surface area contributed by atoms with Gasteiger partial charge in [0.05, 0.1) is 11.8 Å². The maximum absolute atomic E-state index is 12.7. The molecule has 0 bridgehead atoms. The molecule has 2 aromatic rings. The van der Waals surface area contributed by atoms with Gasteiger partial charge in [0.2, 0.25) is 0 Å². The molecule has 0 aliphatic carbocycles. The largest absolute Gasteiger partial charge is 0.381 e. The van der Waals surface area contributed by atoms with Gasteiger partial charge in [-0.25, -0.2) is 4.98 Å². The average molecular weight is 316 g/mol. The number of methoxy groups -OCH3 is 1. The number of likely N-dealkylation sites (tertiary alicyclic amines) is 1. The molecule has 1 aliphatic heterocycles. The van der Waals surface area contributed by atoms with E-state index in [0.717, 1.165) is 47.1 Å². The summed E-state index contributed by atoms with van der Waals surface area (Å²) in [5.41, 5.74) is 1.88. The van der Waals surface area contributed by atoms with Crippen molar-refractivity contribution in [2.45, 2.75) is 25.9 Å². The van der Waals surface area contributed by atoms with E-state index in [0.29, 0.717) is 0 Å². The number of ether oxygens (including phenoxy) is 1. The van der Waals surface area contributed by atoms with E-state index in [4.69, 9.17) is 4.74 Å². The number of piperidine rings is 1. The number of hydrogen-bond acceptors (Lipinski definition) is 4. The SMILES string of the molecule is COC1CCN(C(=O)c2sc(-c3ccccc3)nc2C)CC1. The van der Waals surface area contributed by atoms with Crippen LogP contribution in [-0.4, -0.2) is 42.1 Å². The summed E-state index contributed by atoms with van der Waals surface area (Å²) in [5.74, 6) is 0.103. The third-order valence-electron chi connectivity index (χ3n) is 4.07. The number of benzene rings is 1. The maximum Gasteiger partial charge on any atom is 0.265 e. The first-order valence-electron chi connectivity index (χ1n) is 7.54. The fourth-order valence-electron chi connectivity index (χ4n) is 2.74. The fraction of sp³-hybridized carbons (Fsp3) is 0.412. The van der Waals surface area contributed by atoms with Gasteiger partial charge in [0.25, 0.3) is 5.91 Å². The molecule has 1 amide bonds. The molecule has 1 aromatic carbocycles. The second-order valence-electron chi connectivity index (χ2n) is 5.53. The van der Waals surface area contributed by atoms with Crippen molar-refractivity contribution in [2.75, 3.05) is 20.2 Å². The Hall–Kier alpha value is -1.72. The molecular weight excluding hydrogens is 296 g/mol. The van der Waals surface area contributed by atoms with Gasteiger partial charge in [-0.05, 0) is 19.8 Å². The molecule has 0 saturated carbocycles. The molecule has 0 radical (unpaired) electrons. The third kappa shape index (κ3) is 3.05. The first kappa shape index (κ1) is 15.2. The zero-order chi connectivity index (χ0) is 15.5. The van der Waals surface area contributed by atoms with Crippen LogP contribution in [0.5, 0.6) is 0 Å². The molecule has 0 atom stereocenters. The summed E-state index contributed by atoms with van der Waals surface area (Å²) in [5, 5.41) is 0.910. The van der Waals surface area contributed by atoms with E-state index < -0.39 is 0 Å². The van der Waals surface area contributed by atoms with Crippen molar-refractivity contribution >= 4 is 17.2 Å². The van der Waals surface area contributed by atoms with Gasteiger partial charge in [0.15, 0.2) is 0 Å². The Morgan fingerprint density at radius 1 is 1.27 bits per heavy atom. The molecule has 116 valence electrons. The van der Waals surface area contributed by atoms with Crippen LogP contribution in [-0.2, 0) is 4.74 Å². The number of aryl methyl sites for hydroxylation is 1. The summed E-state index contributed by atoms with van der Waals surface area (Å²) in [6.07, 6.45) is 2.10. The number of thiazole rings is 1. The predicted molar refractivity (Wildman–Crippen MR) is 88.2 cm³/mol. The van der Waals surface area contributed by atoms with Crippen LogP contribution >= 0.6 is 11.3 Å². The van der Waals surface area contributed by atoms with Gasteiger partial charge in [-0.15, -0.1) is 11.3 Å². The number of nitrogens with zero attached hydrogens (tertiary/aromatic N) is 2. The molecule has 3 rings (SSSR count). The van der Waals surface area contributed by atoms with Crippen LogP contribution in [0.1, 0.15) is 28.2 Å². The van der Waals surface area contributed by atoms with Crippen molar-refractivity contribution in [1.29, 1.82) is 0 Å². The molecule has 0 unspecified atom stereocenters. The Labute approximate surface area is 134 Å². The lowest BCUT2D eigenvalue weighted by Gasteiger charge is -2.31. The van der Waals surface area contributed by atoms with Crippen molar-refractivity contribution in [3.8, 4) is 10.6 Å². The standard InChI is InChI=1S/C17H20N2O2S/c1-12-15(17(20)19-10-8-14(21-2)9-11-19)22-16(18-12)13-6-4-3-5-7-13/h3-7,14H,8-11H2,1-2H3. The monoisotopic (exact) mass is 316 g/mol. The molecule has 2 heterocycles. The highest BCUT2D eigenvalue weighted by Crippen LogP contribution is 2.29. The van der Waals surface area contributed by atoms with E-state index in [1.54, 1.807) is 7.11 Å². The van der Waals surface area contributed by atoms with Gasteiger partial charge in [-0.1, -0.05) is 30.3 Å². The lowest BCUT2D eigenvalue weighted by molar-refractivity contribution is 0.0353. The molecule has 5 heteroatoms. The summed E-state index contributed by atoms with van der Waals surface area (Å²) in [6.45, 7) is 3.43. The Morgan fingerprint density at radius 2 is 1.95 bits per heavy atom. The number of carbonyl (C=O) groups excluding carboxylic acids is 1. The first-order valence-corrected chi connectivity index (χ1v) is 8.35. The van der Waals surface area contributed by atoms with Crippen LogP contribution in [0.4, 0.5) is 0 Å². The van der Waals surface area contributed by atoms with Crippen molar-refractivity contribution in [2.24, 2.45) is 0 Å². The summed E-state index contributed by atoms with van der Waals surface area (Å²) < 4.78 is 5.36. The van der Waals surface area contributed by atoms with Crippen LogP contribution in [0, 0.1) is 6.92 Å². The van der Waals surface area contributed by atoms with E-state index in [2.05, 4.69) is 4.98 Å². The van der Waals surface area contributed by atoms with Crippen LogP contribution in [0.25, 0.3) is 10.6 Å². The van der Waals surface area contributed by atoms with Crippen molar-refractivity contribution in [3.63, 3.8) is 0 Å². The molecule has 4 nitrogen and oxygen atoms in total. The van der Waals surface area contributed by atoms with E-state index in [-0.39, 0.29) is 12.0 Å². The molecule has 1 saturated heterocycles. The maximum atomic E-state index is 12.7. The summed E-state index contributed by atoms with van der Waals surface area (Å²) >= 11 is 1.49. The Morgan fingerprint density at radius 3 is 2.59 bits per heavy atom. The highest BCUT2D eigenvalue weighted by atomic mass is 32.1. The second-order valence-corrected chi connectivity index (χ2v) is 6.53. The molecule has 1 aromatic heterocycles. The summed E-state index contributed by atoms with van der Waals surface area (Å²) in [7, 11) is 1.74. The molecule has 22 heavy (non-hydrogen) atoms. The molecule has 0 spiro atoms. The second kappa shape index (κ2) is 6.58. The average Bonchev–Trinajstić information content (AvgIpc) is 2.97. The Kier molecular flexibility index (Phi) is 4.55. The fourth-order valence-corrected chi connectivity index (χ4v) is 3.78. The van der Waals surface area contributed by atoms with Gasteiger partial charge in [-0.3, -0.25) is 4.79 Å². The highest BCUT2D eigenvalue weighted by molar-refractivity contribution is 7.17. The molecule has 0 N–H and O–H groups in total. The summed E-state index contributed by atoms with van der Waals surface area (Å²) in [6, 6.07) is 10.0. The Bertz CT molecular complexity index is 646. The van der Waals surface area contributed by atoms with Gasteiger partial charge in [-0.2, -0.15) is 0 Å². The van der Waals surface area contributed by atoms with Gasteiger partial charge in [0.1, 0.15) is 9.88 Å². The molecular formula is C17H20N2O2S. The first-order chi connectivity index (χ1) is 10.7. The minimum atomic E-state index is 0.103. The highest BCUT2D eigenvalue weighted by Gasteiger charge is 2.26. The van der Waals surface area contributed by atoms with Gasteiger partial charge in [0, 0.05) is 25.8 Å². The minimum absolute atomic E-state index is 0.103. The number of amides is 1. The van der Waals surface area contributed by atoms with E-state index in [1.165, 1.54) is 11.3 Å². The lowest BCUT2D eigenvalue weighted by Crippen LogP contribution is -2.40. The van der Waals surface area contributed by atoms with E-state index in [1.807, 2.05) is 42.2 Å². The summed E-state index contributed by atoms with van der Waals surface area (Å²) in [4.78, 5) is 20.0. The zero-order valence-electron chi connectivity index (χ0n) is 12.9. The zero-order valence-corrected chi connectivity index (χ0v) is 13.7. The normalized spacial score (nSPS) is 16.0. The Balaban J connectivity index is 1.78. The van der Waals surface area contributed by atoms with Crippen molar-refractivity contribution in [1.82, 2.24) is 9.88 Å². The van der Waals surface area contributed by atoms with Crippen LogP contribution in [0.3, 0.4) is 0 Å². The van der Waals surface area contributed by atoms with Crippen LogP contribution in [0.2, 0.25) is 0 Å². The number of hydrogen-bond donors (Lipinski definition) is 0. The quantitative estimate of drug-likeness (QED) is 0.872. The topological polar surface area (TPSA) is 42.4 Å². The molecule has 1 fully saturated rings. The van der Waals surface area contributed by atoms with Crippen molar-refractivity contribution < 1.29 is 9.53 Å². The van der Waals surface area contributed by atoms with E-state index >= 15 is 0 Å². The van der Waals surface area contributed by atoms with Gasteiger partial charge >= 0.3 is 0 Å². The van der Waals surface area contributed by atoms with E-state index in [9.17, 15) is 4.79 Å². The lowest BCUT2D eigenvalue weighted by atomic mass is 10.1. The smallest absolute Gasteiger partial charge is 0.265 e. The number of rotatable bonds is 3. The third-order valence-corrected chi connectivity index (χ3v) is 5.27. The van der Waals surface area contributed by atoms with Gasteiger partial charge < -0.3 is 9.64 Å². The number of aromatic nitrogens is 1. The molecule has 1 aliphatic rings. The van der Waals surface area contributed by atoms with Crippen LogP contribution < -0.4 is 0 Å². The predicted octanol–water partition coefficient (Wildman–Crippen LogP) is 3.37.